The van der Waals surface area contributed by atoms with Crippen LogP contribution in [0.5, 0.6) is 11.5 Å². The second-order valence-corrected chi connectivity index (χ2v) is 6.14. The van der Waals surface area contributed by atoms with E-state index < -0.39 is 0 Å². The Hall–Kier alpha value is -1.80. The normalized spacial score (nSPS) is 14.2. The van der Waals surface area contributed by atoms with Gasteiger partial charge in [-0.3, -0.25) is 0 Å². The minimum atomic E-state index is 0.708. The van der Waals surface area contributed by atoms with Crippen LogP contribution >= 0.6 is 0 Å². The molecule has 1 N–H and O–H groups in total. The SMILES string of the molecule is Cc1ccc(Oc2ccc(C)cc2CNC2CC2)c(C)c1. The van der Waals surface area contributed by atoms with E-state index in [9.17, 15) is 0 Å². The molecule has 21 heavy (non-hydrogen) atoms. The fraction of sp³-hybridized carbons (Fsp3) is 0.368. The van der Waals surface area contributed by atoms with Crippen LogP contribution < -0.4 is 10.1 Å². The van der Waals surface area contributed by atoms with Gasteiger partial charge in [-0.25, -0.2) is 0 Å². The Morgan fingerprint density at radius 1 is 0.952 bits per heavy atom. The molecular formula is C19H23NO. The monoisotopic (exact) mass is 281 g/mol. The summed E-state index contributed by atoms with van der Waals surface area (Å²) in [4.78, 5) is 0. The van der Waals surface area contributed by atoms with Crippen LogP contribution in [0.25, 0.3) is 0 Å². The van der Waals surface area contributed by atoms with Crippen LogP contribution in [-0.2, 0) is 6.54 Å². The van der Waals surface area contributed by atoms with E-state index in [1.165, 1.54) is 35.1 Å². The standard InChI is InChI=1S/C19H23NO/c1-13-4-8-18(15(3)10-13)21-19-9-5-14(2)11-16(19)12-20-17-6-7-17/h4-5,8-11,17,20H,6-7,12H2,1-3H3. The molecule has 1 fully saturated rings. The van der Waals surface area contributed by atoms with Crippen molar-refractivity contribution >= 4 is 0 Å². The van der Waals surface area contributed by atoms with Gasteiger partial charge in [0.05, 0.1) is 0 Å². The van der Waals surface area contributed by atoms with Crippen LogP contribution in [0.1, 0.15) is 35.1 Å². The minimum absolute atomic E-state index is 0.708. The van der Waals surface area contributed by atoms with E-state index in [-0.39, 0.29) is 0 Å². The second-order valence-electron chi connectivity index (χ2n) is 6.14. The highest BCUT2D eigenvalue weighted by Gasteiger charge is 2.20. The molecule has 2 aromatic rings. The highest BCUT2D eigenvalue weighted by molar-refractivity contribution is 5.43. The maximum Gasteiger partial charge on any atom is 0.131 e. The van der Waals surface area contributed by atoms with Crippen LogP contribution in [0.3, 0.4) is 0 Å². The predicted molar refractivity (Wildman–Crippen MR) is 87.0 cm³/mol. The first-order valence-electron chi connectivity index (χ1n) is 7.70. The minimum Gasteiger partial charge on any atom is -0.457 e. The molecule has 1 aliphatic rings. The van der Waals surface area contributed by atoms with Crippen molar-refractivity contribution < 1.29 is 4.74 Å². The number of hydrogen-bond donors (Lipinski definition) is 1. The maximum atomic E-state index is 6.16. The van der Waals surface area contributed by atoms with Crippen LogP contribution in [-0.4, -0.2) is 6.04 Å². The van der Waals surface area contributed by atoms with Gasteiger partial charge in [-0.1, -0.05) is 35.4 Å². The molecule has 0 radical (unpaired) electrons. The van der Waals surface area contributed by atoms with Gasteiger partial charge < -0.3 is 10.1 Å². The highest BCUT2D eigenvalue weighted by atomic mass is 16.5. The van der Waals surface area contributed by atoms with Crippen molar-refractivity contribution in [1.82, 2.24) is 5.32 Å². The van der Waals surface area contributed by atoms with Gasteiger partial charge in [0.2, 0.25) is 0 Å². The Bertz CT molecular complexity index is 644. The second kappa shape index (κ2) is 5.90. The highest BCUT2D eigenvalue weighted by Crippen LogP contribution is 2.30. The molecule has 3 rings (SSSR count). The fourth-order valence-corrected chi connectivity index (χ4v) is 2.52. The van der Waals surface area contributed by atoms with Gasteiger partial charge in [-0.2, -0.15) is 0 Å². The van der Waals surface area contributed by atoms with Crippen LogP contribution in [0.15, 0.2) is 36.4 Å². The zero-order valence-corrected chi connectivity index (χ0v) is 13.1. The molecule has 0 aromatic heterocycles. The van der Waals surface area contributed by atoms with E-state index in [0.717, 1.165) is 18.0 Å². The number of nitrogens with one attached hydrogen (secondary N) is 1. The van der Waals surface area contributed by atoms with Crippen molar-refractivity contribution in [3.8, 4) is 11.5 Å². The van der Waals surface area contributed by atoms with Gasteiger partial charge in [-0.05, 0) is 51.3 Å². The summed E-state index contributed by atoms with van der Waals surface area (Å²) in [5.41, 5.74) is 4.95. The van der Waals surface area contributed by atoms with E-state index in [2.05, 4.69) is 62.5 Å². The Morgan fingerprint density at radius 3 is 2.29 bits per heavy atom. The van der Waals surface area contributed by atoms with Gasteiger partial charge in [-0.15, -0.1) is 0 Å². The third kappa shape index (κ3) is 3.64. The maximum absolute atomic E-state index is 6.16. The Kier molecular flexibility index (Phi) is 3.98. The van der Waals surface area contributed by atoms with Gasteiger partial charge in [0.25, 0.3) is 0 Å². The number of hydrogen-bond acceptors (Lipinski definition) is 2. The smallest absolute Gasteiger partial charge is 0.131 e. The van der Waals surface area contributed by atoms with Crippen molar-refractivity contribution in [2.45, 2.75) is 46.2 Å². The van der Waals surface area contributed by atoms with Crippen molar-refractivity contribution in [1.29, 1.82) is 0 Å². The molecule has 0 bridgehead atoms. The van der Waals surface area contributed by atoms with Crippen molar-refractivity contribution in [3.05, 3.63) is 58.7 Å². The molecule has 0 saturated heterocycles. The molecule has 1 saturated carbocycles. The zero-order valence-electron chi connectivity index (χ0n) is 13.1. The molecule has 0 amide bonds. The quantitative estimate of drug-likeness (QED) is 0.861. The summed E-state index contributed by atoms with van der Waals surface area (Å²) in [6.07, 6.45) is 2.61. The van der Waals surface area contributed by atoms with Gasteiger partial charge >= 0.3 is 0 Å². The van der Waals surface area contributed by atoms with E-state index in [0.29, 0.717) is 6.04 Å². The van der Waals surface area contributed by atoms with Gasteiger partial charge in [0, 0.05) is 18.2 Å². The average molecular weight is 281 g/mol. The summed E-state index contributed by atoms with van der Waals surface area (Å²) in [5, 5.41) is 3.57. The van der Waals surface area contributed by atoms with Crippen LogP contribution in [0, 0.1) is 20.8 Å². The summed E-state index contributed by atoms with van der Waals surface area (Å²) >= 11 is 0. The summed E-state index contributed by atoms with van der Waals surface area (Å²) in [6.45, 7) is 7.21. The van der Waals surface area contributed by atoms with Crippen molar-refractivity contribution in [3.63, 3.8) is 0 Å². The molecule has 110 valence electrons. The summed E-state index contributed by atoms with van der Waals surface area (Å²) in [6, 6.07) is 13.4. The van der Waals surface area contributed by atoms with E-state index in [1.807, 2.05) is 0 Å². The summed E-state index contributed by atoms with van der Waals surface area (Å²) in [5.74, 6) is 1.90. The van der Waals surface area contributed by atoms with E-state index >= 15 is 0 Å². The number of benzene rings is 2. The first kappa shape index (κ1) is 14.2. The van der Waals surface area contributed by atoms with Crippen molar-refractivity contribution in [2.24, 2.45) is 0 Å². The summed E-state index contributed by atoms with van der Waals surface area (Å²) in [7, 11) is 0. The molecule has 0 heterocycles. The predicted octanol–water partition coefficient (Wildman–Crippen LogP) is 4.66. The molecular weight excluding hydrogens is 258 g/mol. The molecule has 0 unspecified atom stereocenters. The largest absolute Gasteiger partial charge is 0.457 e. The number of ether oxygens (including phenoxy) is 1. The Morgan fingerprint density at radius 2 is 1.62 bits per heavy atom. The number of aryl methyl sites for hydroxylation is 3. The zero-order chi connectivity index (χ0) is 14.8. The Balaban J connectivity index is 1.82. The molecule has 0 spiro atoms. The van der Waals surface area contributed by atoms with Gasteiger partial charge in [0.15, 0.2) is 0 Å². The fourth-order valence-electron chi connectivity index (χ4n) is 2.52. The average Bonchev–Trinajstić information content (AvgIpc) is 3.26. The van der Waals surface area contributed by atoms with Gasteiger partial charge in [0.1, 0.15) is 11.5 Å². The number of rotatable bonds is 5. The molecule has 2 nitrogen and oxygen atoms in total. The Labute approximate surface area is 127 Å². The first-order chi connectivity index (χ1) is 10.1. The molecule has 0 aliphatic heterocycles. The van der Waals surface area contributed by atoms with E-state index in [1.54, 1.807) is 0 Å². The molecule has 1 aliphatic carbocycles. The first-order valence-corrected chi connectivity index (χ1v) is 7.70. The lowest BCUT2D eigenvalue weighted by Gasteiger charge is -2.14. The lowest BCUT2D eigenvalue weighted by atomic mass is 10.1. The van der Waals surface area contributed by atoms with E-state index in [4.69, 9.17) is 4.74 Å². The third-order valence-electron chi connectivity index (χ3n) is 3.92. The topological polar surface area (TPSA) is 21.3 Å². The van der Waals surface area contributed by atoms with Crippen LogP contribution in [0.2, 0.25) is 0 Å². The summed E-state index contributed by atoms with van der Waals surface area (Å²) < 4.78 is 6.16. The lowest BCUT2D eigenvalue weighted by Crippen LogP contribution is -2.15. The molecule has 2 heteroatoms. The molecule has 0 atom stereocenters. The van der Waals surface area contributed by atoms with Crippen molar-refractivity contribution in [2.75, 3.05) is 0 Å². The molecule has 2 aromatic carbocycles. The third-order valence-corrected chi connectivity index (χ3v) is 3.92. The lowest BCUT2D eigenvalue weighted by molar-refractivity contribution is 0.468. The van der Waals surface area contributed by atoms with Crippen LogP contribution in [0.4, 0.5) is 0 Å².